The maximum atomic E-state index is 14.0. The molecule has 44 heavy (non-hydrogen) atoms. The van der Waals surface area contributed by atoms with Crippen LogP contribution >= 0.6 is 11.3 Å². The van der Waals surface area contributed by atoms with Gasteiger partial charge < -0.3 is 20.3 Å². The highest BCUT2D eigenvalue weighted by Gasteiger charge is 2.34. The van der Waals surface area contributed by atoms with Gasteiger partial charge in [0.1, 0.15) is 11.5 Å². The Kier molecular flexibility index (Phi) is 10.2. The molecule has 1 atom stereocenters. The molecule has 2 heterocycles. The van der Waals surface area contributed by atoms with Gasteiger partial charge in [0, 0.05) is 49.0 Å². The van der Waals surface area contributed by atoms with Crippen molar-refractivity contribution < 1.29 is 9.53 Å². The van der Waals surface area contributed by atoms with Gasteiger partial charge >= 0.3 is 0 Å². The second-order valence-electron chi connectivity index (χ2n) is 12.8. The van der Waals surface area contributed by atoms with E-state index in [9.17, 15) is 4.79 Å². The summed E-state index contributed by atoms with van der Waals surface area (Å²) in [5, 5.41) is 3.23. The third-order valence-corrected chi connectivity index (χ3v) is 10.6. The molecule has 2 saturated carbocycles. The van der Waals surface area contributed by atoms with Gasteiger partial charge in [-0.15, -0.1) is 11.3 Å². The average Bonchev–Trinajstić information content (AvgIpc) is 3.47. The van der Waals surface area contributed by atoms with Crippen molar-refractivity contribution in [2.75, 3.05) is 6.54 Å². The minimum atomic E-state index is 0.184. The standard InChI is InChI=1S/C36H47N5O2S/c1-26-38-29(25-44-26)21-22-40(30-13-7-3-8-14-30)35(42)20-19-34(27-11-5-2-6-12-27)41-24-28-23-32(17-18-33(28)39-36(41)37)43-31-15-9-4-10-16-31/h4,9-10,15-18,23,25,27,30,34H,2-3,5-8,11-14,19-22,24H2,1H3,(H2,37,39)/t34-/m0/s1. The van der Waals surface area contributed by atoms with Crippen LogP contribution in [0.15, 0.2) is 58.9 Å². The average molecular weight is 614 g/mol. The van der Waals surface area contributed by atoms with Crippen molar-refractivity contribution >= 4 is 28.9 Å². The van der Waals surface area contributed by atoms with Crippen LogP contribution in [0.4, 0.5) is 5.69 Å². The fourth-order valence-corrected chi connectivity index (χ4v) is 8.11. The number of hydrogen-bond donors (Lipinski definition) is 1. The number of aryl methyl sites for hydroxylation is 1. The van der Waals surface area contributed by atoms with Crippen LogP contribution in [0.1, 0.15) is 93.3 Å². The number of carbonyl (C=O) groups excluding carboxylic acids is 1. The van der Waals surface area contributed by atoms with Gasteiger partial charge in [0.2, 0.25) is 5.91 Å². The van der Waals surface area contributed by atoms with Crippen LogP contribution < -0.4 is 10.5 Å². The molecule has 3 aromatic rings. The molecule has 1 aromatic heterocycles. The number of fused-ring (bicyclic) bond motifs is 1. The van der Waals surface area contributed by atoms with E-state index in [1.54, 1.807) is 11.3 Å². The lowest BCUT2D eigenvalue weighted by atomic mass is 9.81. The molecule has 234 valence electrons. The molecule has 8 heteroatoms. The first-order valence-corrected chi connectivity index (χ1v) is 17.6. The molecule has 0 bridgehead atoms. The molecule has 6 rings (SSSR count). The number of amides is 1. The molecule has 1 amide bonds. The Labute approximate surface area is 266 Å². The first-order valence-electron chi connectivity index (χ1n) is 16.7. The molecule has 0 radical (unpaired) electrons. The van der Waals surface area contributed by atoms with Crippen LogP contribution in [0.25, 0.3) is 0 Å². The summed E-state index contributed by atoms with van der Waals surface area (Å²) in [5.41, 5.74) is 9.82. The Morgan fingerprint density at radius 2 is 1.77 bits per heavy atom. The SMILES string of the molecule is Cc1nc(CCN(C(=O)CC[C@@H](C2CCCCC2)N2Cc3cc(Oc4ccccc4)ccc3N=C2N)C2CCCCC2)cs1. The summed E-state index contributed by atoms with van der Waals surface area (Å²) < 4.78 is 6.15. The number of aromatic nitrogens is 1. The van der Waals surface area contributed by atoms with Crippen LogP contribution in [0, 0.1) is 12.8 Å². The summed E-state index contributed by atoms with van der Waals surface area (Å²) in [4.78, 5) is 28.1. The van der Waals surface area contributed by atoms with E-state index in [-0.39, 0.29) is 11.9 Å². The van der Waals surface area contributed by atoms with Gasteiger partial charge in [0.15, 0.2) is 5.96 Å². The number of ether oxygens (including phenoxy) is 1. The molecule has 0 unspecified atom stereocenters. The Bertz CT molecular complexity index is 1410. The van der Waals surface area contributed by atoms with Gasteiger partial charge in [-0.05, 0) is 75.3 Å². The first kappa shape index (κ1) is 30.6. The smallest absolute Gasteiger partial charge is 0.222 e. The highest BCUT2D eigenvalue weighted by atomic mass is 32.1. The first-order chi connectivity index (χ1) is 21.5. The normalized spacial score (nSPS) is 18.4. The van der Waals surface area contributed by atoms with E-state index in [1.807, 2.05) is 42.5 Å². The summed E-state index contributed by atoms with van der Waals surface area (Å²) in [5.74, 6) is 2.98. The number of thiazole rings is 1. The van der Waals surface area contributed by atoms with Crippen molar-refractivity contribution in [2.24, 2.45) is 16.6 Å². The summed E-state index contributed by atoms with van der Waals surface area (Å²) in [6.07, 6.45) is 14.2. The van der Waals surface area contributed by atoms with Gasteiger partial charge in [-0.3, -0.25) is 4.79 Å². The number of carbonyl (C=O) groups is 1. The van der Waals surface area contributed by atoms with E-state index < -0.39 is 0 Å². The summed E-state index contributed by atoms with van der Waals surface area (Å²) in [7, 11) is 0. The van der Waals surface area contributed by atoms with Crippen molar-refractivity contribution in [3.05, 3.63) is 70.2 Å². The van der Waals surface area contributed by atoms with Gasteiger partial charge in [-0.25, -0.2) is 9.98 Å². The van der Waals surface area contributed by atoms with E-state index >= 15 is 0 Å². The largest absolute Gasteiger partial charge is 0.457 e. The quantitative estimate of drug-likeness (QED) is 0.236. The van der Waals surface area contributed by atoms with Crippen LogP contribution in [0.2, 0.25) is 0 Å². The summed E-state index contributed by atoms with van der Waals surface area (Å²) >= 11 is 1.69. The highest BCUT2D eigenvalue weighted by molar-refractivity contribution is 7.09. The number of para-hydroxylation sites is 1. The van der Waals surface area contributed by atoms with Gasteiger partial charge in [0.25, 0.3) is 0 Å². The number of benzene rings is 2. The second-order valence-corrected chi connectivity index (χ2v) is 13.9. The maximum Gasteiger partial charge on any atom is 0.222 e. The zero-order valence-electron chi connectivity index (χ0n) is 26.1. The van der Waals surface area contributed by atoms with Crippen molar-refractivity contribution in [3.8, 4) is 11.5 Å². The molecule has 3 aliphatic rings. The Morgan fingerprint density at radius 1 is 1.02 bits per heavy atom. The third-order valence-electron chi connectivity index (χ3n) is 9.76. The Morgan fingerprint density at radius 3 is 2.50 bits per heavy atom. The fourth-order valence-electron chi connectivity index (χ4n) is 7.47. The number of aliphatic imine (C=N–C) groups is 1. The molecule has 0 spiro atoms. The molecule has 2 fully saturated rings. The molecule has 2 aliphatic carbocycles. The number of guanidine groups is 1. The summed E-state index contributed by atoms with van der Waals surface area (Å²) in [6, 6.07) is 16.5. The van der Waals surface area contributed by atoms with Crippen LogP contribution in [-0.4, -0.2) is 45.3 Å². The Hall–Kier alpha value is -3.39. The monoisotopic (exact) mass is 613 g/mol. The lowest BCUT2D eigenvalue weighted by Crippen LogP contribution is -2.50. The van der Waals surface area contributed by atoms with Crippen molar-refractivity contribution in [1.82, 2.24) is 14.8 Å². The van der Waals surface area contributed by atoms with E-state index in [1.165, 1.54) is 51.4 Å². The van der Waals surface area contributed by atoms with Gasteiger partial charge in [-0.1, -0.05) is 56.7 Å². The van der Waals surface area contributed by atoms with Gasteiger partial charge in [-0.2, -0.15) is 0 Å². The minimum Gasteiger partial charge on any atom is -0.457 e. The lowest BCUT2D eigenvalue weighted by Gasteiger charge is -2.42. The molecule has 2 aromatic carbocycles. The predicted molar refractivity (Wildman–Crippen MR) is 179 cm³/mol. The number of rotatable bonds is 11. The van der Waals surface area contributed by atoms with E-state index in [2.05, 4.69) is 33.2 Å². The zero-order valence-corrected chi connectivity index (χ0v) is 26.9. The van der Waals surface area contributed by atoms with E-state index in [0.717, 1.165) is 65.7 Å². The lowest BCUT2D eigenvalue weighted by molar-refractivity contribution is -0.134. The Balaban J connectivity index is 1.18. The maximum absolute atomic E-state index is 14.0. The second kappa shape index (κ2) is 14.6. The van der Waals surface area contributed by atoms with E-state index in [0.29, 0.717) is 30.9 Å². The van der Waals surface area contributed by atoms with Crippen molar-refractivity contribution in [1.29, 1.82) is 0 Å². The van der Waals surface area contributed by atoms with Crippen LogP contribution in [0.3, 0.4) is 0 Å². The summed E-state index contributed by atoms with van der Waals surface area (Å²) in [6.45, 7) is 3.49. The highest BCUT2D eigenvalue weighted by Crippen LogP contribution is 2.37. The van der Waals surface area contributed by atoms with Crippen LogP contribution in [0.5, 0.6) is 11.5 Å². The minimum absolute atomic E-state index is 0.184. The molecule has 1 aliphatic heterocycles. The third kappa shape index (κ3) is 7.63. The van der Waals surface area contributed by atoms with Crippen molar-refractivity contribution in [3.63, 3.8) is 0 Å². The predicted octanol–water partition coefficient (Wildman–Crippen LogP) is 8.14. The number of nitrogens with two attached hydrogens (primary N) is 1. The molecule has 0 saturated heterocycles. The number of hydrogen-bond acceptors (Lipinski definition) is 7. The fraction of sp³-hybridized carbons (Fsp3) is 0.528. The molecular weight excluding hydrogens is 566 g/mol. The topological polar surface area (TPSA) is 84.0 Å². The molecule has 7 nitrogen and oxygen atoms in total. The zero-order chi connectivity index (χ0) is 30.3. The molecule has 2 N–H and O–H groups in total. The van der Waals surface area contributed by atoms with Gasteiger partial charge in [0.05, 0.1) is 16.4 Å². The number of nitrogens with zero attached hydrogens (tertiary/aromatic N) is 4. The van der Waals surface area contributed by atoms with Crippen LogP contribution in [-0.2, 0) is 17.8 Å². The molecular formula is C36H47N5O2S. The van der Waals surface area contributed by atoms with Crippen molar-refractivity contribution in [2.45, 2.75) is 109 Å². The van der Waals surface area contributed by atoms with E-state index in [4.69, 9.17) is 15.5 Å².